The average molecular weight is 436 g/mol. The summed E-state index contributed by atoms with van der Waals surface area (Å²) in [6.45, 7) is 3.99. The van der Waals surface area contributed by atoms with Crippen molar-refractivity contribution in [3.8, 4) is 24.0 Å². The zero-order chi connectivity index (χ0) is 17.0. The third-order valence-corrected chi connectivity index (χ3v) is 5.07. The van der Waals surface area contributed by atoms with Crippen molar-refractivity contribution in [3.63, 3.8) is 0 Å². The predicted molar refractivity (Wildman–Crippen MR) is 103 cm³/mol. The molecular weight excluding hydrogens is 420 g/mol. The van der Waals surface area contributed by atoms with Crippen molar-refractivity contribution in [2.45, 2.75) is 13.8 Å². The fourth-order valence-corrected chi connectivity index (χ4v) is 2.48. The molecular formula is C18H16Br2N2O. The Bertz CT molecular complexity index is 794. The van der Waals surface area contributed by atoms with Gasteiger partial charge in [-0.2, -0.15) is 0 Å². The molecule has 0 aliphatic carbocycles. The second kappa shape index (κ2) is 7.67. The largest absolute Gasteiger partial charge is 0.457 e. The van der Waals surface area contributed by atoms with Gasteiger partial charge in [-0.3, -0.25) is 4.90 Å². The number of hydrogen-bond donors (Lipinski definition) is 0. The van der Waals surface area contributed by atoms with Gasteiger partial charge >= 0.3 is 0 Å². The summed E-state index contributed by atoms with van der Waals surface area (Å²) in [4.78, 5) is 5.97. The van der Waals surface area contributed by atoms with Crippen molar-refractivity contribution < 1.29 is 4.74 Å². The highest BCUT2D eigenvalue weighted by atomic mass is 79.9. The molecule has 23 heavy (non-hydrogen) atoms. The van der Waals surface area contributed by atoms with Crippen molar-refractivity contribution in [3.05, 3.63) is 50.4 Å². The van der Waals surface area contributed by atoms with Gasteiger partial charge in [-0.15, -0.1) is 0 Å². The van der Waals surface area contributed by atoms with Crippen LogP contribution in [0.5, 0.6) is 11.5 Å². The number of nitrogens with zero attached hydrogens (tertiary/aromatic N) is 2. The number of hydrogen-bond acceptors (Lipinski definition) is 2. The molecule has 0 aliphatic rings. The van der Waals surface area contributed by atoms with Crippen molar-refractivity contribution in [2.24, 2.45) is 4.99 Å². The molecule has 0 atom stereocenters. The van der Waals surface area contributed by atoms with E-state index in [4.69, 9.17) is 11.2 Å². The summed E-state index contributed by atoms with van der Waals surface area (Å²) >= 11 is 6.93. The fourth-order valence-electron chi connectivity index (χ4n) is 1.87. The number of ether oxygens (including phenoxy) is 1. The number of benzene rings is 2. The lowest BCUT2D eigenvalue weighted by molar-refractivity contribution is 0.478. The standard InChI is InChI=1S/C18H16Br2N2O/c1-5-22(4)11-21-17-8-13(3)18(9-12(17)2)23-14-6-7-15(19)16(20)10-14/h1,6-11H,2-4H3. The molecule has 2 aromatic rings. The number of halogens is 2. The van der Waals surface area contributed by atoms with Gasteiger partial charge in [-0.05, 0) is 87.2 Å². The van der Waals surface area contributed by atoms with Gasteiger partial charge in [0, 0.05) is 22.0 Å². The number of rotatable bonds is 4. The highest BCUT2D eigenvalue weighted by Gasteiger charge is 2.07. The van der Waals surface area contributed by atoms with Gasteiger partial charge in [-0.25, -0.2) is 4.99 Å². The molecule has 0 aliphatic heterocycles. The van der Waals surface area contributed by atoms with Crippen LogP contribution in [0.15, 0.2) is 44.3 Å². The summed E-state index contributed by atoms with van der Waals surface area (Å²) in [6.07, 6.45) is 6.91. The molecule has 5 heteroatoms. The Balaban J connectivity index is 2.27. The molecule has 0 heterocycles. The maximum absolute atomic E-state index is 5.98. The lowest BCUT2D eigenvalue weighted by Crippen LogP contribution is -2.06. The molecule has 0 N–H and O–H groups in total. The Kier molecular flexibility index (Phi) is 5.86. The van der Waals surface area contributed by atoms with Crippen LogP contribution in [0, 0.1) is 26.3 Å². The van der Waals surface area contributed by atoms with E-state index in [2.05, 4.69) is 42.9 Å². The molecule has 0 bridgehead atoms. The van der Waals surface area contributed by atoms with Gasteiger partial charge in [0.15, 0.2) is 0 Å². The van der Waals surface area contributed by atoms with Crippen molar-refractivity contribution in [1.29, 1.82) is 0 Å². The SMILES string of the molecule is C#CN(C)C=Nc1cc(C)c(Oc2ccc(Br)c(Br)c2)cc1C. The van der Waals surface area contributed by atoms with Crippen LogP contribution in [0.1, 0.15) is 11.1 Å². The van der Waals surface area contributed by atoms with Crippen LogP contribution >= 0.6 is 31.9 Å². The molecule has 0 unspecified atom stereocenters. The lowest BCUT2D eigenvalue weighted by Gasteiger charge is -2.12. The maximum atomic E-state index is 5.98. The van der Waals surface area contributed by atoms with Gasteiger partial charge in [0.25, 0.3) is 0 Å². The molecule has 0 spiro atoms. The quantitative estimate of drug-likeness (QED) is 0.262. The van der Waals surface area contributed by atoms with Crippen molar-refractivity contribution in [1.82, 2.24) is 4.90 Å². The van der Waals surface area contributed by atoms with E-state index < -0.39 is 0 Å². The van der Waals surface area contributed by atoms with Crippen LogP contribution in [0.2, 0.25) is 0 Å². The minimum Gasteiger partial charge on any atom is -0.457 e. The molecule has 0 aromatic heterocycles. The van der Waals surface area contributed by atoms with Crippen LogP contribution in [0.4, 0.5) is 5.69 Å². The Labute approximate surface area is 153 Å². The van der Waals surface area contributed by atoms with Gasteiger partial charge in [0.2, 0.25) is 0 Å². The second-order valence-corrected chi connectivity index (χ2v) is 6.78. The Morgan fingerprint density at radius 3 is 2.52 bits per heavy atom. The van der Waals surface area contributed by atoms with E-state index in [0.29, 0.717) is 0 Å². The minimum absolute atomic E-state index is 0.769. The first-order valence-corrected chi connectivity index (χ1v) is 8.46. The summed E-state index contributed by atoms with van der Waals surface area (Å²) in [5.74, 6) is 1.58. The van der Waals surface area contributed by atoms with E-state index in [-0.39, 0.29) is 0 Å². The minimum atomic E-state index is 0.769. The van der Waals surface area contributed by atoms with Gasteiger partial charge in [0.05, 0.1) is 5.69 Å². The molecule has 0 saturated heterocycles. The fraction of sp³-hybridized carbons (Fsp3) is 0.167. The summed E-state index contributed by atoms with van der Waals surface area (Å²) in [5, 5.41) is 0. The number of aryl methyl sites for hydroxylation is 2. The molecule has 0 amide bonds. The van der Waals surface area contributed by atoms with Crippen molar-refractivity contribution >= 4 is 43.9 Å². The zero-order valence-corrected chi connectivity index (χ0v) is 16.3. The summed E-state index contributed by atoms with van der Waals surface area (Å²) in [5.41, 5.74) is 2.89. The topological polar surface area (TPSA) is 24.8 Å². The zero-order valence-electron chi connectivity index (χ0n) is 13.1. The number of terminal acetylenes is 1. The first-order chi connectivity index (χ1) is 10.9. The maximum Gasteiger partial charge on any atom is 0.130 e. The Morgan fingerprint density at radius 1 is 1.13 bits per heavy atom. The van der Waals surface area contributed by atoms with Crippen LogP contribution < -0.4 is 4.74 Å². The summed E-state index contributed by atoms with van der Waals surface area (Å²) < 4.78 is 7.92. The molecule has 0 saturated carbocycles. The summed E-state index contributed by atoms with van der Waals surface area (Å²) in [6, 6.07) is 12.2. The van der Waals surface area contributed by atoms with E-state index >= 15 is 0 Å². The van der Waals surface area contributed by atoms with Crippen LogP contribution in [-0.2, 0) is 0 Å². The van der Waals surface area contributed by atoms with E-state index in [1.165, 1.54) is 0 Å². The first-order valence-electron chi connectivity index (χ1n) is 6.88. The molecule has 0 radical (unpaired) electrons. The van der Waals surface area contributed by atoms with Gasteiger partial charge < -0.3 is 4.74 Å². The first kappa shape index (κ1) is 17.6. The van der Waals surface area contributed by atoms with Crippen molar-refractivity contribution in [2.75, 3.05) is 7.05 Å². The second-order valence-electron chi connectivity index (χ2n) is 5.07. The monoisotopic (exact) mass is 434 g/mol. The van der Waals surface area contributed by atoms with E-state index in [9.17, 15) is 0 Å². The molecule has 2 aromatic carbocycles. The Morgan fingerprint density at radius 2 is 1.87 bits per heavy atom. The summed E-state index contributed by atoms with van der Waals surface area (Å²) in [7, 11) is 1.77. The highest BCUT2D eigenvalue weighted by Crippen LogP contribution is 2.34. The highest BCUT2D eigenvalue weighted by molar-refractivity contribution is 9.13. The van der Waals surface area contributed by atoms with Crippen LogP contribution in [-0.4, -0.2) is 18.3 Å². The van der Waals surface area contributed by atoms with Crippen LogP contribution in [0.25, 0.3) is 0 Å². The van der Waals surface area contributed by atoms with E-state index in [0.717, 1.165) is 37.3 Å². The van der Waals surface area contributed by atoms with Gasteiger partial charge in [-0.1, -0.05) is 6.42 Å². The predicted octanol–water partition coefficient (Wildman–Crippen LogP) is 5.80. The van der Waals surface area contributed by atoms with E-state index in [1.807, 2.05) is 44.2 Å². The number of aliphatic imine (C=N–C) groups is 1. The van der Waals surface area contributed by atoms with E-state index in [1.54, 1.807) is 18.3 Å². The third-order valence-electron chi connectivity index (χ3n) is 3.19. The molecule has 0 fully saturated rings. The Hall–Kier alpha value is -1.77. The lowest BCUT2D eigenvalue weighted by atomic mass is 10.1. The normalized spacial score (nSPS) is 10.6. The average Bonchev–Trinajstić information content (AvgIpc) is 2.52. The molecule has 3 nitrogen and oxygen atoms in total. The van der Waals surface area contributed by atoms with Gasteiger partial charge in [0.1, 0.15) is 17.8 Å². The molecule has 2 rings (SSSR count). The molecule has 118 valence electrons. The smallest absolute Gasteiger partial charge is 0.130 e. The third kappa shape index (κ3) is 4.60. The van der Waals surface area contributed by atoms with Crippen LogP contribution in [0.3, 0.4) is 0 Å².